The molecule has 0 bridgehead atoms. The minimum absolute atomic E-state index is 0.115. The first-order valence-electron chi connectivity index (χ1n) is 7.44. The summed E-state index contributed by atoms with van der Waals surface area (Å²) in [5, 5.41) is 3.82. The maximum atomic E-state index is 13.2. The molecule has 0 aliphatic carbocycles. The summed E-state index contributed by atoms with van der Waals surface area (Å²) in [6, 6.07) is 4.68. The third-order valence-electron chi connectivity index (χ3n) is 4.19. The highest BCUT2D eigenvalue weighted by Crippen LogP contribution is 2.32. The maximum absolute atomic E-state index is 13.2. The summed E-state index contributed by atoms with van der Waals surface area (Å²) >= 11 is 6.16. The Morgan fingerprint density at radius 3 is 2.71 bits per heavy atom. The fraction of sp³-hybridized carbons (Fsp3) is 0.625. The fourth-order valence-corrected chi connectivity index (χ4v) is 3.30. The predicted molar refractivity (Wildman–Crippen MR) is 82.4 cm³/mol. The molecule has 0 saturated carbocycles. The van der Waals surface area contributed by atoms with Gasteiger partial charge in [-0.05, 0) is 38.1 Å². The highest BCUT2D eigenvalue weighted by molar-refractivity contribution is 6.31. The molecule has 1 aromatic rings. The van der Waals surface area contributed by atoms with E-state index in [4.69, 9.17) is 21.1 Å². The Labute approximate surface area is 130 Å². The standard InChI is InChI=1S/C16H23ClFNO2/c1-3-21-16(6-8-20-9-7-16)15(19-2)10-12-4-5-13(18)11-14(12)17/h4-5,11,15,19H,3,6-10H2,1-2H3. The first kappa shape index (κ1) is 16.7. The SMILES string of the molecule is CCOC1(C(Cc2ccc(F)cc2Cl)NC)CCOCC1. The van der Waals surface area contributed by atoms with Gasteiger partial charge in [0.1, 0.15) is 5.82 Å². The van der Waals surface area contributed by atoms with E-state index < -0.39 is 0 Å². The van der Waals surface area contributed by atoms with E-state index in [1.807, 2.05) is 14.0 Å². The Balaban J connectivity index is 2.20. The van der Waals surface area contributed by atoms with Gasteiger partial charge >= 0.3 is 0 Å². The van der Waals surface area contributed by atoms with Crippen molar-refractivity contribution in [2.45, 2.75) is 37.8 Å². The van der Waals surface area contributed by atoms with Crippen molar-refractivity contribution >= 4 is 11.6 Å². The average molecular weight is 316 g/mol. The molecule has 118 valence electrons. The quantitative estimate of drug-likeness (QED) is 0.874. The highest BCUT2D eigenvalue weighted by Gasteiger charge is 2.40. The summed E-state index contributed by atoms with van der Waals surface area (Å²) in [7, 11) is 1.93. The summed E-state index contributed by atoms with van der Waals surface area (Å²) in [6.45, 7) is 4.08. The van der Waals surface area contributed by atoms with Crippen LogP contribution in [0.1, 0.15) is 25.3 Å². The second-order valence-electron chi connectivity index (χ2n) is 5.39. The third-order valence-corrected chi connectivity index (χ3v) is 4.55. The third kappa shape index (κ3) is 3.95. The number of halogens is 2. The Kier molecular flexibility index (Phi) is 5.99. The molecule has 0 amide bonds. The fourth-order valence-electron chi connectivity index (χ4n) is 3.06. The molecule has 2 rings (SSSR count). The first-order chi connectivity index (χ1) is 10.1. The van der Waals surface area contributed by atoms with Gasteiger partial charge in [0.2, 0.25) is 0 Å². The Morgan fingerprint density at radius 2 is 2.14 bits per heavy atom. The minimum Gasteiger partial charge on any atom is -0.381 e. The molecule has 1 saturated heterocycles. The minimum atomic E-state index is -0.310. The molecule has 1 atom stereocenters. The van der Waals surface area contributed by atoms with Crippen LogP contribution in [-0.4, -0.2) is 38.5 Å². The zero-order valence-corrected chi connectivity index (χ0v) is 13.4. The molecule has 5 heteroatoms. The van der Waals surface area contributed by atoms with Crippen molar-refractivity contribution in [2.75, 3.05) is 26.9 Å². The predicted octanol–water partition coefficient (Wildman–Crippen LogP) is 3.20. The van der Waals surface area contributed by atoms with E-state index >= 15 is 0 Å². The van der Waals surface area contributed by atoms with Crippen LogP contribution in [0.4, 0.5) is 4.39 Å². The van der Waals surface area contributed by atoms with Gasteiger partial charge in [-0.1, -0.05) is 17.7 Å². The van der Waals surface area contributed by atoms with Gasteiger partial charge in [0.15, 0.2) is 0 Å². The smallest absolute Gasteiger partial charge is 0.124 e. The van der Waals surface area contributed by atoms with Gasteiger partial charge in [-0.2, -0.15) is 0 Å². The zero-order chi connectivity index (χ0) is 15.3. The highest BCUT2D eigenvalue weighted by atomic mass is 35.5. The van der Waals surface area contributed by atoms with E-state index in [1.165, 1.54) is 12.1 Å². The lowest BCUT2D eigenvalue weighted by atomic mass is 9.82. The van der Waals surface area contributed by atoms with Crippen LogP contribution >= 0.6 is 11.6 Å². The van der Waals surface area contributed by atoms with Crippen LogP contribution in [-0.2, 0) is 15.9 Å². The Morgan fingerprint density at radius 1 is 1.43 bits per heavy atom. The summed E-state index contributed by atoms with van der Waals surface area (Å²) in [4.78, 5) is 0. The van der Waals surface area contributed by atoms with Gasteiger partial charge in [-0.3, -0.25) is 0 Å². The number of nitrogens with one attached hydrogen (secondary N) is 1. The van der Waals surface area contributed by atoms with Gasteiger partial charge in [0.25, 0.3) is 0 Å². The summed E-state index contributed by atoms with van der Waals surface area (Å²) < 4.78 is 24.7. The summed E-state index contributed by atoms with van der Waals surface area (Å²) in [6.07, 6.45) is 2.41. The van der Waals surface area contributed by atoms with E-state index in [2.05, 4.69) is 5.32 Å². The van der Waals surface area contributed by atoms with Gasteiger partial charge in [0.05, 0.1) is 5.60 Å². The Hall–Kier alpha value is -0.680. The molecular formula is C16H23ClFNO2. The molecular weight excluding hydrogens is 293 g/mol. The van der Waals surface area contributed by atoms with Crippen molar-refractivity contribution in [1.82, 2.24) is 5.32 Å². The second-order valence-corrected chi connectivity index (χ2v) is 5.80. The molecule has 0 radical (unpaired) electrons. The van der Waals surface area contributed by atoms with Crippen LogP contribution < -0.4 is 5.32 Å². The van der Waals surface area contributed by atoms with Crippen molar-refractivity contribution in [2.24, 2.45) is 0 Å². The molecule has 3 nitrogen and oxygen atoms in total. The topological polar surface area (TPSA) is 30.5 Å². The largest absolute Gasteiger partial charge is 0.381 e. The summed E-state index contributed by atoms with van der Waals surface area (Å²) in [5.41, 5.74) is 0.683. The number of rotatable bonds is 6. The molecule has 0 spiro atoms. The molecule has 1 aliphatic heterocycles. The van der Waals surface area contributed by atoms with Gasteiger partial charge in [-0.25, -0.2) is 4.39 Å². The van der Waals surface area contributed by atoms with Gasteiger partial charge in [0, 0.05) is 43.7 Å². The molecule has 1 N–H and O–H groups in total. The van der Waals surface area contributed by atoms with Crippen LogP contribution in [0.15, 0.2) is 18.2 Å². The van der Waals surface area contributed by atoms with E-state index in [0.717, 1.165) is 18.4 Å². The van der Waals surface area contributed by atoms with Gasteiger partial charge < -0.3 is 14.8 Å². The number of hydrogen-bond donors (Lipinski definition) is 1. The average Bonchev–Trinajstić information content (AvgIpc) is 2.47. The molecule has 21 heavy (non-hydrogen) atoms. The van der Waals surface area contributed by atoms with Gasteiger partial charge in [-0.15, -0.1) is 0 Å². The molecule has 1 aromatic carbocycles. The molecule has 0 aromatic heterocycles. The van der Waals surface area contributed by atoms with Crippen molar-refractivity contribution in [1.29, 1.82) is 0 Å². The lowest BCUT2D eigenvalue weighted by Gasteiger charge is -2.43. The monoisotopic (exact) mass is 315 g/mol. The van der Waals surface area contributed by atoms with Crippen LogP contribution in [0.3, 0.4) is 0 Å². The van der Waals surface area contributed by atoms with E-state index in [1.54, 1.807) is 6.07 Å². The molecule has 1 unspecified atom stereocenters. The van der Waals surface area contributed by atoms with Crippen molar-refractivity contribution < 1.29 is 13.9 Å². The van der Waals surface area contributed by atoms with Crippen LogP contribution in [0, 0.1) is 5.82 Å². The lowest BCUT2D eigenvalue weighted by Crippen LogP contribution is -2.55. The van der Waals surface area contributed by atoms with Crippen molar-refractivity contribution in [3.05, 3.63) is 34.6 Å². The van der Waals surface area contributed by atoms with Crippen LogP contribution in [0.5, 0.6) is 0 Å². The Bertz CT molecular complexity index is 458. The van der Waals surface area contributed by atoms with Crippen molar-refractivity contribution in [3.63, 3.8) is 0 Å². The zero-order valence-electron chi connectivity index (χ0n) is 12.6. The first-order valence-corrected chi connectivity index (χ1v) is 7.82. The van der Waals surface area contributed by atoms with Crippen LogP contribution in [0.25, 0.3) is 0 Å². The number of ether oxygens (including phenoxy) is 2. The maximum Gasteiger partial charge on any atom is 0.124 e. The molecule has 1 aliphatic rings. The second kappa shape index (κ2) is 7.54. The number of benzene rings is 1. The number of hydrogen-bond acceptors (Lipinski definition) is 3. The van der Waals surface area contributed by atoms with Crippen LogP contribution in [0.2, 0.25) is 5.02 Å². The number of likely N-dealkylation sites (N-methyl/N-ethyl adjacent to an activating group) is 1. The normalized spacial score (nSPS) is 19.4. The summed E-state index contributed by atoms with van der Waals surface area (Å²) in [5.74, 6) is -0.310. The lowest BCUT2D eigenvalue weighted by molar-refractivity contribution is -0.125. The van der Waals surface area contributed by atoms with E-state index in [-0.39, 0.29) is 17.5 Å². The van der Waals surface area contributed by atoms with Crippen molar-refractivity contribution in [3.8, 4) is 0 Å². The van der Waals surface area contributed by atoms with E-state index in [9.17, 15) is 4.39 Å². The van der Waals surface area contributed by atoms with E-state index in [0.29, 0.717) is 31.3 Å². The molecule has 1 fully saturated rings. The molecule has 1 heterocycles.